The first-order valence-corrected chi connectivity index (χ1v) is 8.97. The van der Waals surface area contributed by atoms with E-state index in [4.69, 9.17) is 0 Å². The third-order valence-corrected chi connectivity index (χ3v) is 4.07. The summed E-state index contributed by atoms with van der Waals surface area (Å²) in [6.45, 7) is 1.54. The van der Waals surface area contributed by atoms with Gasteiger partial charge in [-0.2, -0.15) is 0 Å². The van der Waals surface area contributed by atoms with Crippen molar-refractivity contribution in [3.63, 3.8) is 0 Å². The molecule has 0 unspecified atom stereocenters. The zero-order valence-electron chi connectivity index (χ0n) is 15.6. The second-order valence-corrected chi connectivity index (χ2v) is 6.33. The number of rotatable bonds is 7. The lowest BCUT2D eigenvalue weighted by Gasteiger charge is -2.19. The molecule has 2 aromatic carbocycles. The highest BCUT2D eigenvalue weighted by Gasteiger charge is 2.15. The van der Waals surface area contributed by atoms with Crippen LogP contribution in [0.4, 0.5) is 11.4 Å². The van der Waals surface area contributed by atoms with Crippen molar-refractivity contribution in [2.24, 2.45) is 0 Å². The summed E-state index contributed by atoms with van der Waals surface area (Å²) in [5.74, 6) is -0.390. The van der Waals surface area contributed by atoms with Crippen LogP contribution in [0.25, 0.3) is 0 Å². The zero-order valence-corrected chi connectivity index (χ0v) is 15.6. The van der Waals surface area contributed by atoms with E-state index in [2.05, 4.69) is 20.9 Å². The maximum Gasteiger partial charge on any atom is 0.238 e. The smallest absolute Gasteiger partial charge is 0.238 e. The highest BCUT2D eigenvalue weighted by atomic mass is 16.2. The van der Waals surface area contributed by atoms with Crippen LogP contribution < -0.4 is 16.0 Å². The molecule has 0 bridgehead atoms. The summed E-state index contributed by atoms with van der Waals surface area (Å²) in [6, 6.07) is 21.5. The van der Waals surface area contributed by atoms with Gasteiger partial charge in [0.05, 0.1) is 36.4 Å². The Kier molecular flexibility index (Phi) is 6.49. The summed E-state index contributed by atoms with van der Waals surface area (Å²) in [6.07, 6.45) is 3.06. The van der Waals surface area contributed by atoms with E-state index >= 15 is 0 Å². The van der Waals surface area contributed by atoms with Crippen LogP contribution in [-0.2, 0) is 9.59 Å². The lowest BCUT2D eigenvalue weighted by atomic mass is 9.99. The third kappa shape index (κ3) is 5.49. The molecule has 3 rings (SSSR count). The molecule has 0 saturated heterocycles. The molecule has 3 aromatic rings. The largest absolute Gasteiger partial charge is 0.325 e. The van der Waals surface area contributed by atoms with E-state index in [9.17, 15) is 9.59 Å². The standard InChI is InChI=1S/C22H22N4O2/c1-16(27)25-19-12-20(14-23-13-19)26-21(28)15-24-22(17-8-4-2-5-9-17)18-10-6-3-7-11-18/h2-14,22,24H,15H2,1H3,(H,25,27)(H,26,28). The van der Waals surface area contributed by atoms with Crippen LogP contribution in [0, 0.1) is 0 Å². The number of nitrogens with one attached hydrogen (secondary N) is 3. The highest BCUT2D eigenvalue weighted by molar-refractivity contribution is 5.94. The molecule has 0 spiro atoms. The van der Waals surface area contributed by atoms with E-state index in [-0.39, 0.29) is 24.4 Å². The summed E-state index contributed by atoms with van der Waals surface area (Å²) in [7, 11) is 0. The first-order valence-electron chi connectivity index (χ1n) is 8.97. The predicted molar refractivity (Wildman–Crippen MR) is 110 cm³/mol. The highest BCUT2D eigenvalue weighted by Crippen LogP contribution is 2.21. The molecule has 0 aliphatic rings. The van der Waals surface area contributed by atoms with Crippen molar-refractivity contribution in [2.75, 3.05) is 17.2 Å². The van der Waals surface area contributed by atoms with E-state index in [0.717, 1.165) is 11.1 Å². The van der Waals surface area contributed by atoms with Crippen molar-refractivity contribution >= 4 is 23.2 Å². The molecule has 1 aromatic heterocycles. The second-order valence-electron chi connectivity index (χ2n) is 6.33. The molecular weight excluding hydrogens is 352 g/mol. The Morgan fingerprint density at radius 2 is 1.39 bits per heavy atom. The van der Waals surface area contributed by atoms with Crippen LogP contribution >= 0.6 is 0 Å². The molecule has 0 radical (unpaired) electrons. The first-order chi connectivity index (χ1) is 13.6. The summed E-state index contributed by atoms with van der Waals surface area (Å²) < 4.78 is 0. The van der Waals surface area contributed by atoms with Gasteiger partial charge in [0, 0.05) is 6.92 Å². The average molecular weight is 374 g/mol. The fourth-order valence-corrected chi connectivity index (χ4v) is 2.90. The van der Waals surface area contributed by atoms with Gasteiger partial charge in [-0.05, 0) is 17.2 Å². The number of carbonyl (C=O) groups excluding carboxylic acids is 2. The normalized spacial score (nSPS) is 10.5. The van der Waals surface area contributed by atoms with Crippen molar-refractivity contribution in [3.05, 3.63) is 90.3 Å². The van der Waals surface area contributed by atoms with E-state index in [1.54, 1.807) is 6.07 Å². The Bertz CT molecular complexity index is 890. The number of hydrogen-bond donors (Lipinski definition) is 3. The lowest BCUT2D eigenvalue weighted by Crippen LogP contribution is -2.32. The molecular formula is C22H22N4O2. The van der Waals surface area contributed by atoms with Gasteiger partial charge >= 0.3 is 0 Å². The molecule has 0 aliphatic carbocycles. The number of pyridine rings is 1. The molecule has 142 valence electrons. The quantitative estimate of drug-likeness (QED) is 0.592. The van der Waals surface area contributed by atoms with Gasteiger partial charge in [0.15, 0.2) is 0 Å². The van der Waals surface area contributed by atoms with Crippen LogP contribution in [0.5, 0.6) is 0 Å². The van der Waals surface area contributed by atoms with E-state index < -0.39 is 0 Å². The molecule has 2 amide bonds. The predicted octanol–water partition coefficient (Wildman–Crippen LogP) is 3.36. The fourth-order valence-electron chi connectivity index (χ4n) is 2.90. The van der Waals surface area contributed by atoms with Gasteiger partial charge < -0.3 is 10.6 Å². The number of amides is 2. The lowest BCUT2D eigenvalue weighted by molar-refractivity contribution is -0.115. The average Bonchev–Trinajstić information content (AvgIpc) is 2.69. The first kappa shape index (κ1) is 19.3. The van der Waals surface area contributed by atoms with Gasteiger partial charge in [0.1, 0.15) is 0 Å². The van der Waals surface area contributed by atoms with E-state index in [1.165, 1.54) is 19.3 Å². The van der Waals surface area contributed by atoms with Crippen LogP contribution in [0.1, 0.15) is 24.1 Å². The Balaban J connectivity index is 1.67. The maximum absolute atomic E-state index is 12.4. The Morgan fingerprint density at radius 3 is 1.93 bits per heavy atom. The Hall–Kier alpha value is -3.51. The van der Waals surface area contributed by atoms with Gasteiger partial charge in [-0.15, -0.1) is 0 Å². The van der Waals surface area contributed by atoms with Crippen molar-refractivity contribution < 1.29 is 9.59 Å². The molecule has 0 saturated carbocycles. The van der Waals surface area contributed by atoms with E-state index in [1.807, 2.05) is 60.7 Å². The van der Waals surface area contributed by atoms with Crippen molar-refractivity contribution in [3.8, 4) is 0 Å². The Labute approximate surface area is 164 Å². The summed E-state index contributed by atoms with van der Waals surface area (Å²) in [5, 5.41) is 8.76. The van der Waals surface area contributed by atoms with Gasteiger partial charge in [0.25, 0.3) is 0 Å². The molecule has 6 heteroatoms. The molecule has 28 heavy (non-hydrogen) atoms. The van der Waals surface area contributed by atoms with Crippen molar-refractivity contribution in [1.29, 1.82) is 0 Å². The second kappa shape index (κ2) is 9.43. The summed E-state index contributed by atoms with van der Waals surface area (Å²) in [4.78, 5) is 27.6. The van der Waals surface area contributed by atoms with Crippen LogP contribution in [-0.4, -0.2) is 23.3 Å². The van der Waals surface area contributed by atoms with Gasteiger partial charge in [0.2, 0.25) is 11.8 Å². The SMILES string of the molecule is CC(=O)Nc1cncc(NC(=O)CNC(c2ccccc2)c2ccccc2)c1. The third-order valence-electron chi connectivity index (χ3n) is 4.07. The van der Waals surface area contributed by atoms with Crippen LogP contribution in [0.2, 0.25) is 0 Å². The Morgan fingerprint density at radius 1 is 0.857 bits per heavy atom. The number of carbonyl (C=O) groups is 2. The van der Waals surface area contributed by atoms with Gasteiger partial charge in [-0.3, -0.25) is 19.9 Å². The summed E-state index contributed by atoms with van der Waals surface area (Å²) >= 11 is 0. The number of benzene rings is 2. The summed E-state index contributed by atoms with van der Waals surface area (Å²) in [5.41, 5.74) is 3.21. The monoisotopic (exact) mass is 374 g/mol. The molecule has 0 atom stereocenters. The van der Waals surface area contributed by atoms with Crippen LogP contribution in [0.15, 0.2) is 79.1 Å². The minimum absolute atomic E-state index is 0.100. The number of nitrogens with zero attached hydrogens (tertiary/aromatic N) is 1. The maximum atomic E-state index is 12.4. The van der Waals surface area contributed by atoms with E-state index in [0.29, 0.717) is 11.4 Å². The minimum atomic E-state index is -0.196. The number of aromatic nitrogens is 1. The molecule has 1 heterocycles. The number of hydrogen-bond acceptors (Lipinski definition) is 4. The van der Waals surface area contributed by atoms with Gasteiger partial charge in [-0.1, -0.05) is 60.7 Å². The molecule has 0 fully saturated rings. The van der Waals surface area contributed by atoms with Crippen molar-refractivity contribution in [2.45, 2.75) is 13.0 Å². The minimum Gasteiger partial charge on any atom is -0.325 e. The van der Waals surface area contributed by atoms with Crippen molar-refractivity contribution in [1.82, 2.24) is 10.3 Å². The molecule has 3 N–H and O–H groups in total. The molecule has 0 aliphatic heterocycles. The topological polar surface area (TPSA) is 83.1 Å². The fraction of sp³-hybridized carbons (Fsp3) is 0.136. The van der Waals surface area contributed by atoms with Gasteiger partial charge in [-0.25, -0.2) is 0 Å². The number of anilines is 2. The zero-order chi connectivity index (χ0) is 19.8. The molecule has 6 nitrogen and oxygen atoms in total. The van der Waals surface area contributed by atoms with Crippen LogP contribution in [0.3, 0.4) is 0 Å².